The van der Waals surface area contributed by atoms with Gasteiger partial charge in [0.1, 0.15) is 0 Å². The SMILES string of the molecule is CCC(=O)OC1(Br)CCC1. The summed E-state index contributed by atoms with van der Waals surface area (Å²) < 4.78 is 4.81. The van der Waals surface area contributed by atoms with Gasteiger partial charge in [0, 0.05) is 6.42 Å². The van der Waals surface area contributed by atoms with Gasteiger partial charge in [-0.05, 0) is 35.2 Å². The minimum Gasteiger partial charge on any atom is -0.447 e. The summed E-state index contributed by atoms with van der Waals surface area (Å²) in [6.07, 6.45) is 3.53. The maximum absolute atomic E-state index is 10.8. The predicted octanol–water partition coefficient (Wildman–Crippen LogP) is 2.21. The Morgan fingerprint density at radius 1 is 1.70 bits per heavy atom. The van der Waals surface area contributed by atoms with Gasteiger partial charge in [-0.15, -0.1) is 0 Å². The van der Waals surface area contributed by atoms with Gasteiger partial charge in [0.2, 0.25) is 0 Å². The number of halogens is 1. The molecule has 1 aliphatic carbocycles. The highest BCUT2D eigenvalue weighted by molar-refractivity contribution is 9.10. The van der Waals surface area contributed by atoms with E-state index in [0.29, 0.717) is 6.42 Å². The normalized spacial score (nSPS) is 21.4. The number of rotatable bonds is 2. The molecule has 0 bridgehead atoms. The van der Waals surface area contributed by atoms with E-state index in [1.54, 1.807) is 6.92 Å². The Morgan fingerprint density at radius 3 is 2.60 bits per heavy atom. The van der Waals surface area contributed by atoms with Crippen molar-refractivity contribution < 1.29 is 9.53 Å². The molecule has 0 radical (unpaired) electrons. The Labute approximate surface area is 69.1 Å². The summed E-state index contributed by atoms with van der Waals surface area (Å²) in [5.41, 5.74) is 0. The second-order valence-electron chi connectivity index (χ2n) is 2.56. The molecule has 0 spiro atoms. The molecule has 10 heavy (non-hydrogen) atoms. The van der Waals surface area contributed by atoms with Crippen LogP contribution in [0.1, 0.15) is 32.6 Å². The number of alkyl halides is 1. The van der Waals surface area contributed by atoms with Crippen LogP contribution in [-0.4, -0.2) is 10.5 Å². The zero-order valence-corrected chi connectivity index (χ0v) is 7.61. The van der Waals surface area contributed by atoms with Crippen LogP contribution in [0.15, 0.2) is 0 Å². The van der Waals surface area contributed by atoms with Crippen LogP contribution in [0.5, 0.6) is 0 Å². The maximum atomic E-state index is 10.8. The van der Waals surface area contributed by atoms with E-state index in [4.69, 9.17) is 4.74 Å². The van der Waals surface area contributed by atoms with Gasteiger partial charge in [-0.3, -0.25) is 4.79 Å². The first-order valence-corrected chi connectivity index (χ1v) is 4.36. The summed E-state index contributed by atoms with van der Waals surface area (Å²) in [5, 5.41) is 0. The van der Waals surface area contributed by atoms with Crippen LogP contribution < -0.4 is 0 Å². The fourth-order valence-electron chi connectivity index (χ4n) is 0.833. The molecule has 1 saturated carbocycles. The molecule has 0 amide bonds. The Bertz CT molecular complexity index is 141. The quantitative estimate of drug-likeness (QED) is 0.512. The summed E-state index contributed by atoms with van der Waals surface area (Å²) in [5.74, 6) is -0.114. The third-order valence-electron chi connectivity index (χ3n) is 1.69. The van der Waals surface area contributed by atoms with E-state index in [2.05, 4.69) is 15.9 Å². The number of ether oxygens (including phenoxy) is 1. The van der Waals surface area contributed by atoms with E-state index in [1.807, 2.05) is 0 Å². The molecule has 0 aromatic heterocycles. The molecule has 3 heteroatoms. The molecular weight excluding hydrogens is 196 g/mol. The van der Waals surface area contributed by atoms with Gasteiger partial charge in [-0.1, -0.05) is 6.92 Å². The smallest absolute Gasteiger partial charge is 0.306 e. The molecule has 1 fully saturated rings. The Kier molecular flexibility index (Phi) is 2.34. The molecule has 2 nitrogen and oxygen atoms in total. The van der Waals surface area contributed by atoms with Crippen LogP contribution in [0.4, 0.5) is 0 Å². The lowest BCUT2D eigenvalue weighted by Crippen LogP contribution is -2.35. The number of hydrogen-bond donors (Lipinski definition) is 0. The fourth-order valence-corrected chi connectivity index (χ4v) is 1.57. The molecule has 58 valence electrons. The molecule has 0 aromatic rings. The summed E-state index contributed by atoms with van der Waals surface area (Å²) in [7, 11) is 0. The van der Waals surface area contributed by atoms with E-state index in [9.17, 15) is 4.79 Å². The third kappa shape index (κ3) is 1.72. The molecule has 0 aromatic carbocycles. The minimum absolute atomic E-state index is 0.114. The second-order valence-corrected chi connectivity index (χ2v) is 4.01. The van der Waals surface area contributed by atoms with E-state index in [1.165, 1.54) is 0 Å². The predicted molar refractivity (Wildman–Crippen MR) is 41.9 cm³/mol. The molecule has 0 saturated heterocycles. The van der Waals surface area contributed by atoms with Crippen molar-refractivity contribution in [1.29, 1.82) is 0 Å². The molecule has 0 N–H and O–H groups in total. The van der Waals surface area contributed by atoms with Gasteiger partial charge < -0.3 is 4.74 Å². The standard InChI is InChI=1S/C7H11BrO2/c1-2-6(9)10-7(8)4-3-5-7/h2-5H2,1H3. The fraction of sp³-hybridized carbons (Fsp3) is 0.857. The van der Waals surface area contributed by atoms with E-state index in [0.717, 1.165) is 19.3 Å². The van der Waals surface area contributed by atoms with E-state index >= 15 is 0 Å². The first-order chi connectivity index (χ1) is 4.66. The van der Waals surface area contributed by atoms with Crippen LogP contribution in [0, 0.1) is 0 Å². The van der Waals surface area contributed by atoms with E-state index < -0.39 is 0 Å². The van der Waals surface area contributed by atoms with Crippen molar-refractivity contribution in [1.82, 2.24) is 0 Å². The average molecular weight is 207 g/mol. The average Bonchev–Trinajstić information content (AvgIpc) is 1.84. The van der Waals surface area contributed by atoms with Crippen LogP contribution >= 0.6 is 15.9 Å². The van der Waals surface area contributed by atoms with Crippen molar-refractivity contribution in [3.63, 3.8) is 0 Å². The van der Waals surface area contributed by atoms with Crippen LogP contribution in [0.25, 0.3) is 0 Å². The van der Waals surface area contributed by atoms with Crippen molar-refractivity contribution in [3.8, 4) is 0 Å². The van der Waals surface area contributed by atoms with Crippen molar-refractivity contribution in [2.24, 2.45) is 0 Å². The molecular formula is C7H11BrO2. The first kappa shape index (κ1) is 8.05. The van der Waals surface area contributed by atoms with Gasteiger partial charge in [0.15, 0.2) is 4.51 Å². The largest absolute Gasteiger partial charge is 0.447 e. The minimum atomic E-state index is -0.292. The van der Waals surface area contributed by atoms with Crippen LogP contribution in [0.3, 0.4) is 0 Å². The molecule has 0 heterocycles. The molecule has 1 rings (SSSR count). The molecule has 0 unspecified atom stereocenters. The third-order valence-corrected chi connectivity index (χ3v) is 2.64. The molecule has 0 atom stereocenters. The monoisotopic (exact) mass is 206 g/mol. The maximum Gasteiger partial charge on any atom is 0.306 e. The highest BCUT2D eigenvalue weighted by Gasteiger charge is 2.37. The van der Waals surface area contributed by atoms with Crippen molar-refractivity contribution >= 4 is 21.9 Å². The first-order valence-electron chi connectivity index (χ1n) is 3.57. The summed E-state index contributed by atoms with van der Waals surface area (Å²) >= 11 is 3.37. The number of esters is 1. The van der Waals surface area contributed by atoms with Crippen molar-refractivity contribution in [2.45, 2.75) is 37.1 Å². The van der Waals surface area contributed by atoms with E-state index in [-0.39, 0.29) is 10.5 Å². The Morgan fingerprint density at radius 2 is 2.30 bits per heavy atom. The van der Waals surface area contributed by atoms with Crippen molar-refractivity contribution in [2.75, 3.05) is 0 Å². The zero-order valence-electron chi connectivity index (χ0n) is 6.02. The lowest BCUT2D eigenvalue weighted by atomic mass is 9.96. The van der Waals surface area contributed by atoms with Crippen LogP contribution in [-0.2, 0) is 9.53 Å². The number of carbonyl (C=O) groups excluding carboxylic acids is 1. The van der Waals surface area contributed by atoms with Gasteiger partial charge in [-0.25, -0.2) is 0 Å². The zero-order chi connectivity index (χ0) is 7.61. The summed E-state index contributed by atoms with van der Waals surface area (Å²) in [6, 6.07) is 0. The summed E-state index contributed by atoms with van der Waals surface area (Å²) in [6.45, 7) is 1.80. The van der Waals surface area contributed by atoms with Crippen molar-refractivity contribution in [3.05, 3.63) is 0 Å². The van der Waals surface area contributed by atoms with Gasteiger partial charge in [0.05, 0.1) is 0 Å². The Balaban J connectivity index is 2.29. The van der Waals surface area contributed by atoms with Gasteiger partial charge in [-0.2, -0.15) is 0 Å². The highest BCUT2D eigenvalue weighted by Crippen LogP contribution is 2.41. The second kappa shape index (κ2) is 2.91. The molecule has 1 aliphatic rings. The highest BCUT2D eigenvalue weighted by atomic mass is 79.9. The molecule has 0 aliphatic heterocycles. The van der Waals surface area contributed by atoms with Gasteiger partial charge >= 0.3 is 5.97 Å². The number of hydrogen-bond acceptors (Lipinski definition) is 2. The Hall–Kier alpha value is -0.0500. The lowest BCUT2D eigenvalue weighted by Gasteiger charge is -2.35. The van der Waals surface area contributed by atoms with Crippen LogP contribution in [0.2, 0.25) is 0 Å². The summed E-state index contributed by atoms with van der Waals surface area (Å²) in [4.78, 5) is 10.8. The van der Waals surface area contributed by atoms with Gasteiger partial charge in [0.25, 0.3) is 0 Å². The lowest BCUT2D eigenvalue weighted by molar-refractivity contribution is -0.155. The number of carbonyl (C=O) groups is 1. The topological polar surface area (TPSA) is 26.3 Å².